The monoisotopic (exact) mass is 334 g/mol. The van der Waals surface area contributed by atoms with Crippen molar-refractivity contribution in [3.63, 3.8) is 0 Å². The third-order valence-electron chi connectivity index (χ3n) is 0. The first kappa shape index (κ1) is 16.0. The molecule has 0 amide bonds. The molecule has 0 rings (SSSR count). The van der Waals surface area contributed by atoms with Crippen molar-refractivity contribution in [2.75, 3.05) is 0 Å². The maximum absolute atomic E-state index is 7.56. The Hall–Kier alpha value is 2.01. The van der Waals surface area contributed by atoms with E-state index >= 15 is 0 Å². The third-order valence-corrected chi connectivity index (χ3v) is 0. The van der Waals surface area contributed by atoms with Gasteiger partial charge in [0.05, 0.1) is 0 Å². The molecule has 7 heteroatoms. The molecular formula is H7BiLiO3PS. The molecule has 0 aromatic heterocycles. The van der Waals surface area contributed by atoms with E-state index in [9.17, 15) is 0 Å². The summed E-state index contributed by atoms with van der Waals surface area (Å²) in [5.41, 5.74) is 0. The molecule has 0 spiro atoms. The second kappa shape index (κ2) is 6.14. The molecule has 0 unspecified atom stereocenters. The summed E-state index contributed by atoms with van der Waals surface area (Å²) < 4.78 is 0. The molecule has 0 radical (unpaired) electrons. The molecule has 3 N–H and O–H groups in total. The van der Waals surface area contributed by atoms with Crippen LogP contribution in [-0.4, -0.2) is 40.9 Å². The molecule has 0 heterocycles. The van der Waals surface area contributed by atoms with Crippen LogP contribution in [0.1, 0.15) is 1.43 Å². The number of hydrogen-bond acceptors (Lipinski definition) is 1. The molecule has 0 aromatic carbocycles. The smallest absolute Gasteiger partial charge is 1.00 e. The minimum absolute atomic E-state index is 0. The first-order valence-corrected chi connectivity index (χ1v) is 3.44. The van der Waals surface area contributed by atoms with Gasteiger partial charge in [-0.05, 0) is 11.8 Å². The summed E-state index contributed by atoms with van der Waals surface area (Å²) in [7, 11) is 0. The van der Waals surface area contributed by atoms with E-state index in [4.69, 9.17) is 14.7 Å². The zero-order valence-electron chi connectivity index (χ0n) is 4.90. The van der Waals surface area contributed by atoms with E-state index in [1.54, 1.807) is 0 Å². The van der Waals surface area contributed by atoms with Crippen LogP contribution in [0.5, 0.6) is 0 Å². The normalized spacial score (nSPS) is 8.43. The Balaban J connectivity index is -0.0000000267. The van der Waals surface area contributed by atoms with Gasteiger partial charge in [-0.15, -0.1) is 0 Å². The van der Waals surface area contributed by atoms with Crippen LogP contribution in [-0.2, 0) is 11.8 Å². The van der Waals surface area contributed by atoms with Crippen molar-refractivity contribution in [2.24, 2.45) is 0 Å². The molecule has 42 valence electrons. The Morgan fingerprint density at radius 1 is 1.29 bits per heavy atom. The van der Waals surface area contributed by atoms with Gasteiger partial charge in [-0.2, -0.15) is 0 Å². The molecule has 0 atom stereocenters. The Morgan fingerprint density at radius 2 is 1.29 bits per heavy atom. The third kappa shape index (κ3) is 71.6. The van der Waals surface area contributed by atoms with Gasteiger partial charge in [-0.1, -0.05) is 0 Å². The van der Waals surface area contributed by atoms with Gasteiger partial charge in [0.15, 0.2) is 0 Å². The molecule has 0 aromatic rings. The van der Waals surface area contributed by atoms with Crippen molar-refractivity contribution in [1.29, 1.82) is 0 Å². The zero-order chi connectivity index (χ0) is 4.50. The van der Waals surface area contributed by atoms with Crippen molar-refractivity contribution in [1.82, 2.24) is 0 Å². The van der Waals surface area contributed by atoms with Crippen LogP contribution in [0.25, 0.3) is 0 Å². The van der Waals surface area contributed by atoms with Gasteiger partial charge in [-0.25, -0.2) is 0 Å². The Bertz CT molecular complexity index is 65.4. The SMILES string of the molecule is OP(O)(O)=S.[BiH3].[H-].[Li+]. The largest absolute Gasteiger partial charge is 1.00 e. The molecule has 0 bridgehead atoms. The van der Waals surface area contributed by atoms with Crippen molar-refractivity contribution in [3.05, 3.63) is 0 Å². The van der Waals surface area contributed by atoms with Crippen LogP contribution in [0.2, 0.25) is 0 Å². The second-order valence-electron chi connectivity index (χ2n) is 0.513. The quantitative estimate of drug-likeness (QED) is 0.307. The van der Waals surface area contributed by atoms with E-state index in [1.165, 1.54) is 0 Å². The summed E-state index contributed by atoms with van der Waals surface area (Å²) >= 11 is 3.60. The summed E-state index contributed by atoms with van der Waals surface area (Å²) in [6.45, 7) is -3.81. The summed E-state index contributed by atoms with van der Waals surface area (Å²) in [5, 5.41) is 0. The van der Waals surface area contributed by atoms with Gasteiger partial charge in [0.25, 0.3) is 0 Å². The Morgan fingerprint density at radius 3 is 1.29 bits per heavy atom. The van der Waals surface area contributed by atoms with Crippen LogP contribution in [0.3, 0.4) is 0 Å². The minimum atomic E-state index is -3.81. The van der Waals surface area contributed by atoms with Crippen LogP contribution in [0.4, 0.5) is 0 Å². The van der Waals surface area contributed by atoms with Crippen LogP contribution in [0, 0.1) is 0 Å². The van der Waals surface area contributed by atoms with Gasteiger partial charge in [0, 0.05) is 0 Å². The fourth-order valence-corrected chi connectivity index (χ4v) is 0. The van der Waals surface area contributed by atoms with E-state index in [1.807, 2.05) is 0 Å². The molecule has 0 aliphatic rings. The van der Waals surface area contributed by atoms with Crippen molar-refractivity contribution < 1.29 is 35.0 Å². The Kier molecular flexibility index (Phi) is 14.0. The first-order valence-electron chi connectivity index (χ1n) is 0.783. The van der Waals surface area contributed by atoms with E-state index in [2.05, 4.69) is 11.8 Å². The molecule has 0 saturated carbocycles. The van der Waals surface area contributed by atoms with Crippen LogP contribution in [0.15, 0.2) is 0 Å². The first-order chi connectivity index (χ1) is 2.00. The van der Waals surface area contributed by atoms with E-state index in [0.717, 1.165) is 0 Å². The maximum atomic E-state index is 7.56. The summed E-state index contributed by atoms with van der Waals surface area (Å²) in [6.07, 6.45) is 0. The average Bonchev–Trinajstić information content (AvgIpc) is 0.722. The molecule has 0 fully saturated rings. The number of hydrogen-bond donors (Lipinski definition) is 3. The molecule has 0 saturated heterocycles. The van der Waals surface area contributed by atoms with E-state index < -0.39 is 6.72 Å². The van der Waals surface area contributed by atoms with Gasteiger partial charge in [0.2, 0.25) is 0 Å². The molecular weight excluding hydrogens is 327 g/mol. The van der Waals surface area contributed by atoms with Gasteiger partial charge < -0.3 is 16.1 Å². The van der Waals surface area contributed by atoms with Crippen LogP contribution >= 0.6 is 6.72 Å². The fourth-order valence-electron chi connectivity index (χ4n) is 0. The minimum Gasteiger partial charge on any atom is -1.00 e. The van der Waals surface area contributed by atoms with Gasteiger partial charge in [0.1, 0.15) is 0 Å². The average molecular weight is 334 g/mol. The summed E-state index contributed by atoms with van der Waals surface area (Å²) in [5.74, 6) is 0. The predicted molar refractivity (Wildman–Crippen MR) is 32.0 cm³/mol. The standard InChI is InChI=1S/Bi.Li.H3O3PS.4H/c;;1-4(2,3)5;;;;/h;;(H3,1,2,3,5);;;;/q;+1;;;;;-1. The van der Waals surface area contributed by atoms with Crippen molar-refractivity contribution in [3.8, 4) is 0 Å². The van der Waals surface area contributed by atoms with Gasteiger partial charge in [-0.3, -0.25) is 0 Å². The predicted octanol–water partition coefficient (Wildman–Crippen LogP) is -4.88. The van der Waals surface area contributed by atoms with E-state index in [-0.39, 0.29) is 46.5 Å². The van der Waals surface area contributed by atoms with Crippen molar-refractivity contribution >= 4 is 44.7 Å². The summed E-state index contributed by atoms with van der Waals surface area (Å²) in [6, 6.07) is 0. The summed E-state index contributed by atoms with van der Waals surface area (Å²) in [4.78, 5) is 22.7. The second-order valence-corrected chi connectivity index (χ2v) is 3.01. The van der Waals surface area contributed by atoms with Crippen LogP contribution < -0.4 is 18.9 Å². The molecule has 3 nitrogen and oxygen atoms in total. The number of rotatable bonds is 0. The topological polar surface area (TPSA) is 60.7 Å². The molecule has 0 aliphatic heterocycles. The molecule has 7 heavy (non-hydrogen) atoms. The zero-order valence-corrected chi connectivity index (χ0v) is 11.1. The maximum Gasteiger partial charge on any atom is 1.00 e. The van der Waals surface area contributed by atoms with Crippen molar-refractivity contribution in [2.45, 2.75) is 0 Å². The molecule has 0 aliphatic carbocycles. The Labute approximate surface area is 79.2 Å². The van der Waals surface area contributed by atoms with E-state index in [0.29, 0.717) is 0 Å². The fraction of sp³-hybridized carbons (Fsp3) is 0. The van der Waals surface area contributed by atoms with Gasteiger partial charge >= 0.3 is 51.8 Å².